The summed E-state index contributed by atoms with van der Waals surface area (Å²) in [4.78, 5) is 13.8. The van der Waals surface area contributed by atoms with Crippen LogP contribution in [-0.4, -0.2) is 24.6 Å². The topological polar surface area (TPSA) is 108 Å². The van der Waals surface area contributed by atoms with Gasteiger partial charge in [0.15, 0.2) is 0 Å². The van der Waals surface area contributed by atoms with Crippen LogP contribution in [0.5, 0.6) is 0 Å². The monoisotopic (exact) mass is 231 g/mol. The average molecular weight is 231 g/mol. The first-order chi connectivity index (χ1) is 6.99. The third kappa shape index (κ3) is 4.38. The standard InChI is InChI=1S/C7H9N3O4S/c11-7(12)10-15(13,14)9-5-6-1-3-8-4-2-6/h1-4,9-10H,5H2,(H,11,12). The van der Waals surface area contributed by atoms with Crippen LogP contribution >= 0.6 is 0 Å². The maximum absolute atomic E-state index is 11.0. The van der Waals surface area contributed by atoms with Crippen LogP contribution in [-0.2, 0) is 16.8 Å². The van der Waals surface area contributed by atoms with Gasteiger partial charge in [-0.25, -0.2) is 9.52 Å². The number of hydrogen-bond donors (Lipinski definition) is 3. The summed E-state index contributed by atoms with van der Waals surface area (Å²) in [6.45, 7) is 0.00509. The molecule has 0 atom stereocenters. The molecule has 1 amide bonds. The molecule has 1 aromatic heterocycles. The molecule has 0 saturated heterocycles. The highest BCUT2D eigenvalue weighted by atomic mass is 32.2. The van der Waals surface area contributed by atoms with E-state index in [9.17, 15) is 13.2 Å². The second-order valence-electron chi connectivity index (χ2n) is 2.59. The molecule has 15 heavy (non-hydrogen) atoms. The van der Waals surface area contributed by atoms with Gasteiger partial charge in [0.1, 0.15) is 0 Å². The minimum absolute atomic E-state index is 0.00509. The van der Waals surface area contributed by atoms with E-state index in [2.05, 4.69) is 9.71 Å². The highest BCUT2D eigenvalue weighted by molar-refractivity contribution is 7.88. The van der Waals surface area contributed by atoms with E-state index in [1.54, 1.807) is 12.1 Å². The molecular weight excluding hydrogens is 222 g/mol. The van der Waals surface area contributed by atoms with E-state index < -0.39 is 16.3 Å². The zero-order valence-corrected chi connectivity index (χ0v) is 8.36. The van der Waals surface area contributed by atoms with Gasteiger partial charge >= 0.3 is 16.3 Å². The second-order valence-corrected chi connectivity index (χ2v) is 4.09. The Morgan fingerprint density at radius 2 is 2.00 bits per heavy atom. The molecule has 0 fully saturated rings. The van der Waals surface area contributed by atoms with Gasteiger partial charge in [-0.1, -0.05) is 0 Å². The van der Waals surface area contributed by atoms with Gasteiger partial charge in [0.05, 0.1) is 0 Å². The summed E-state index contributed by atoms with van der Waals surface area (Å²) in [6.07, 6.45) is 1.39. The molecule has 1 aromatic rings. The molecule has 0 bridgehead atoms. The molecule has 0 radical (unpaired) electrons. The van der Waals surface area contributed by atoms with Crippen LogP contribution in [0, 0.1) is 0 Å². The zero-order chi connectivity index (χ0) is 11.3. The van der Waals surface area contributed by atoms with Crippen molar-refractivity contribution in [2.24, 2.45) is 0 Å². The highest BCUT2D eigenvalue weighted by Crippen LogP contribution is 1.95. The number of hydrogen-bond acceptors (Lipinski definition) is 4. The van der Waals surface area contributed by atoms with Gasteiger partial charge in [0, 0.05) is 18.9 Å². The van der Waals surface area contributed by atoms with Crippen LogP contribution in [0.15, 0.2) is 24.5 Å². The molecule has 1 rings (SSSR count). The first kappa shape index (κ1) is 11.4. The summed E-state index contributed by atoms with van der Waals surface area (Å²) in [7, 11) is -4.00. The van der Waals surface area contributed by atoms with Crippen molar-refractivity contribution in [3.8, 4) is 0 Å². The molecule has 1 heterocycles. The normalized spacial score (nSPS) is 10.9. The third-order valence-electron chi connectivity index (χ3n) is 1.44. The van der Waals surface area contributed by atoms with Gasteiger partial charge in [0.25, 0.3) is 0 Å². The Balaban J connectivity index is 2.54. The Bertz CT molecular complexity index is 431. The minimum atomic E-state index is -4.00. The Kier molecular flexibility index (Phi) is 3.58. The van der Waals surface area contributed by atoms with Crippen LogP contribution in [0.3, 0.4) is 0 Å². The lowest BCUT2D eigenvalue weighted by Gasteiger charge is -2.05. The third-order valence-corrected chi connectivity index (χ3v) is 2.41. The van der Waals surface area contributed by atoms with E-state index in [4.69, 9.17) is 5.11 Å². The van der Waals surface area contributed by atoms with E-state index in [-0.39, 0.29) is 6.54 Å². The Labute approximate surface area is 86.3 Å². The number of aromatic nitrogens is 1. The number of pyridine rings is 1. The lowest BCUT2D eigenvalue weighted by Crippen LogP contribution is -2.39. The number of amides is 1. The molecule has 0 saturated carbocycles. The summed E-state index contributed by atoms with van der Waals surface area (Å²) >= 11 is 0. The van der Waals surface area contributed by atoms with Crippen LogP contribution in [0.1, 0.15) is 5.56 Å². The zero-order valence-electron chi connectivity index (χ0n) is 7.54. The van der Waals surface area contributed by atoms with Gasteiger partial charge < -0.3 is 5.11 Å². The fourth-order valence-corrected chi connectivity index (χ4v) is 1.49. The van der Waals surface area contributed by atoms with Gasteiger partial charge in [-0.2, -0.15) is 13.1 Å². The molecule has 0 aliphatic heterocycles. The van der Waals surface area contributed by atoms with E-state index >= 15 is 0 Å². The van der Waals surface area contributed by atoms with E-state index in [0.29, 0.717) is 5.56 Å². The number of rotatable bonds is 4. The molecule has 0 aliphatic rings. The SMILES string of the molecule is O=C(O)NS(=O)(=O)NCc1ccncc1. The lowest BCUT2D eigenvalue weighted by molar-refractivity contribution is 0.201. The fraction of sp³-hybridized carbons (Fsp3) is 0.143. The molecule has 0 aromatic carbocycles. The van der Waals surface area contributed by atoms with Crippen molar-refractivity contribution < 1.29 is 18.3 Å². The van der Waals surface area contributed by atoms with Crippen molar-refractivity contribution in [3.05, 3.63) is 30.1 Å². The number of nitrogens with zero attached hydrogens (tertiary/aromatic N) is 1. The average Bonchev–Trinajstić information content (AvgIpc) is 2.15. The van der Waals surface area contributed by atoms with Crippen LogP contribution in [0.2, 0.25) is 0 Å². The van der Waals surface area contributed by atoms with Crippen molar-refractivity contribution in [1.82, 2.24) is 14.4 Å². The van der Waals surface area contributed by atoms with Crippen LogP contribution < -0.4 is 9.44 Å². The molecule has 7 nitrogen and oxygen atoms in total. The van der Waals surface area contributed by atoms with Gasteiger partial charge in [-0.3, -0.25) is 4.98 Å². The first-order valence-electron chi connectivity index (χ1n) is 3.89. The van der Waals surface area contributed by atoms with Crippen molar-refractivity contribution >= 4 is 16.3 Å². The summed E-state index contributed by atoms with van der Waals surface area (Å²) in [5.41, 5.74) is 0.681. The summed E-state index contributed by atoms with van der Waals surface area (Å²) in [5.74, 6) is 0. The Morgan fingerprint density at radius 3 is 2.53 bits per heavy atom. The maximum Gasteiger partial charge on any atom is 0.419 e. The summed E-state index contributed by atoms with van der Waals surface area (Å²) in [6, 6.07) is 3.23. The number of carbonyl (C=O) groups is 1. The fourth-order valence-electron chi connectivity index (χ4n) is 0.830. The van der Waals surface area contributed by atoms with Crippen LogP contribution in [0.4, 0.5) is 4.79 Å². The van der Waals surface area contributed by atoms with Crippen molar-refractivity contribution in [3.63, 3.8) is 0 Å². The number of carboxylic acid groups (broad SMARTS) is 1. The Hall–Kier alpha value is -1.67. The summed E-state index contributed by atoms with van der Waals surface area (Å²) in [5, 5.41) is 8.21. The predicted molar refractivity (Wildman–Crippen MR) is 51.2 cm³/mol. The van der Waals surface area contributed by atoms with Crippen LogP contribution in [0.25, 0.3) is 0 Å². The Morgan fingerprint density at radius 1 is 1.40 bits per heavy atom. The smallest absolute Gasteiger partial charge is 0.419 e. The second kappa shape index (κ2) is 4.71. The predicted octanol–water partition coefficient (Wildman–Crippen LogP) is -0.316. The van der Waals surface area contributed by atoms with Crippen molar-refractivity contribution in [2.75, 3.05) is 0 Å². The van der Waals surface area contributed by atoms with Gasteiger partial charge in [-0.05, 0) is 17.7 Å². The molecular formula is C7H9N3O4S. The molecule has 8 heteroatoms. The first-order valence-corrected chi connectivity index (χ1v) is 5.37. The molecule has 3 N–H and O–H groups in total. The highest BCUT2D eigenvalue weighted by Gasteiger charge is 2.11. The molecule has 0 aliphatic carbocycles. The summed E-state index contributed by atoms with van der Waals surface area (Å²) < 4.78 is 25.4. The minimum Gasteiger partial charge on any atom is -0.464 e. The van der Waals surface area contributed by atoms with E-state index in [1.165, 1.54) is 17.1 Å². The molecule has 0 spiro atoms. The van der Waals surface area contributed by atoms with Crippen molar-refractivity contribution in [2.45, 2.75) is 6.54 Å². The van der Waals surface area contributed by atoms with Gasteiger partial charge in [-0.15, -0.1) is 0 Å². The van der Waals surface area contributed by atoms with Gasteiger partial charge in [0.2, 0.25) is 0 Å². The molecule has 0 unspecified atom stereocenters. The molecule has 82 valence electrons. The maximum atomic E-state index is 11.0. The van der Waals surface area contributed by atoms with E-state index in [1.807, 2.05) is 0 Å². The van der Waals surface area contributed by atoms with E-state index in [0.717, 1.165) is 0 Å². The largest absolute Gasteiger partial charge is 0.464 e. The van der Waals surface area contributed by atoms with Crippen molar-refractivity contribution in [1.29, 1.82) is 0 Å². The quantitative estimate of drug-likeness (QED) is 0.658. The number of nitrogens with one attached hydrogen (secondary N) is 2. The lowest BCUT2D eigenvalue weighted by atomic mass is 10.3.